The zero-order valence-corrected chi connectivity index (χ0v) is 13.6. The largest absolute Gasteiger partial charge is 0.464 e. The molecule has 9 heteroatoms. The average molecular weight is 344 g/mol. The number of carbonyl (C=O) groups excluding carboxylic acids is 3. The molecular weight excluding hydrogens is 330 g/mol. The van der Waals surface area contributed by atoms with E-state index in [-0.39, 0.29) is 33.6 Å². The number of anilines is 1. The highest BCUT2D eigenvalue weighted by molar-refractivity contribution is 8.13. The van der Waals surface area contributed by atoms with Crippen LogP contribution in [0, 0.1) is 5.92 Å². The SMILES string of the molecule is COC(=O)c1nc(Cl)cnc1N1CC(CSC(C)=O)CC1=O. The topological polar surface area (TPSA) is 89.5 Å². The van der Waals surface area contributed by atoms with Crippen molar-refractivity contribution in [1.82, 2.24) is 9.97 Å². The van der Waals surface area contributed by atoms with Gasteiger partial charge in [0.1, 0.15) is 5.15 Å². The molecule has 1 atom stereocenters. The lowest BCUT2D eigenvalue weighted by atomic mass is 10.1. The van der Waals surface area contributed by atoms with Crippen LogP contribution < -0.4 is 4.90 Å². The summed E-state index contributed by atoms with van der Waals surface area (Å²) in [7, 11) is 1.22. The molecule has 1 unspecified atom stereocenters. The first kappa shape index (κ1) is 16.7. The molecule has 1 aliphatic heterocycles. The first-order valence-electron chi connectivity index (χ1n) is 6.47. The zero-order valence-electron chi connectivity index (χ0n) is 12.0. The number of halogens is 1. The van der Waals surface area contributed by atoms with E-state index in [2.05, 4.69) is 14.7 Å². The molecule has 118 valence electrons. The highest BCUT2D eigenvalue weighted by Gasteiger charge is 2.34. The number of esters is 1. The van der Waals surface area contributed by atoms with Gasteiger partial charge in [0.05, 0.1) is 13.3 Å². The van der Waals surface area contributed by atoms with Crippen molar-refractivity contribution in [3.63, 3.8) is 0 Å². The standard InChI is InChI=1S/C13H14ClN3O4S/c1-7(18)22-6-8-3-10(19)17(5-8)12-11(13(20)21-2)16-9(14)4-15-12/h4,8H,3,5-6H2,1-2H3. The monoisotopic (exact) mass is 343 g/mol. The van der Waals surface area contributed by atoms with E-state index < -0.39 is 5.97 Å². The van der Waals surface area contributed by atoms with E-state index in [1.54, 1.807) is 0 Å². The summed E-state index contributed by atoms with van der Waals surface area (Å²) in [6.07, 6.45) is 1.57. The van der Waals surface area contributed by atoms with Gasteiger partial charge >= 0.3 is 5.97 Å². The molecule has 0 aliphatic carbocycles. The van der Waals surface area contributed by atoms with Crippen LogP contribution in [0.15, 0.2) is 6.20 Å². The van der Waals surface area contributed by atoms with Crippen molar-refractivity contribution in [2.24, 2.45) is 5.92 Å². The van der Waals surface area contributed by atoms with Crippen LogP contribution in [-0.4, -0.2) is 46.4 Å². The second-order valence-electron chi connectivity index (χ2n) is 4.73. The summed E-state index contributed by atoms with van der Waals surface area (Å²) >= 11 is 6.93. The Kier molecular flexibility index (Phi) is 5.36. The number of aromatic nitrogens is 2. The predicted molar refractivity (Wildman–Crippen MR) is 82.0 cm³/mol. The summed E-state index contributed by atoms with van der Waals surface area (Å²) in [5.41, 5.74) is -0.0942. The molecule has 1 aliphatic rings. The fraction of sp³-hybridized carbons (Fsp3) is 0.462. The lowest BCUT2D eigenvalue weighted by Gasteiger charge is -2.17. The van der Waals surface area contributed by atoms with Crippen molar-refractivity contribution in [2.75, 3.05) is 24.3 Å². The highest BCUT2D eigenvalue weighted by atomic mass is 35.5. The summed E-state index contributed by atoms with van der Waals surface area (Å²) < 4.78 is 4.65. The van der Waals surface area contributed by atoms with Gasteiger partial charge in [0.2, 0.25) is 5.91 Å². The molecule has 1 aromatic rings. The minimum absolute atomic E-state index is 0.00688. The van der Waals surface area contributed by atoms with Gasteiger partial charge in [-0.25, -0.2) is 14.8 Å². The van der Waals surface area contributed by atoms with E-state index in [1.807, 2.05) is 0 Å². The Morgan fingerprint density at radius 1 is 1.55 bits per heavy atom. The Morgan fingerprint density at radius 3 is 2.91 bits per heavy atom. The Labute approximate surface area is 136 Å². The molecule has 1 aromatic heterocycles. The molecular formula is C13H14ClN3O4S. The molecule has 1 amide bonds. The number of ether oxygens (including phenoxy) is 1. The Bertz CT molecular complexity index is 625. The van der Waals surface area contributed by atoms with E-state index in [4.69, 9.17) is 11.6 Å². The maximum atomic E-state index is 12.2. The summed E-state index contributed by atoms with van der Waals surface area (Å²) in [5, 5.41) is 0.0481. The van der Waals surface area contributed by atoms with Gasteiger partial charge in [-0.1, -0.05) is 23.4 Å². The fourth-order valence-corrected chi connectivity index (χ4v) is 2.95. The van der Waals surface area contributed by atoms with E-state index >= 15 is 0 Å². The van der Waals surface area contributed by atoms with Crippen LogP contribution in [0.25, 0.3) is 0 Å². The minimum Gasteiger partial charge on any atom is -0.464 e. The molecule has 1 fully saturated rings. The van der Waals surface area contributed by atoms with Crippen molar-refractivity contribution in [3.8, 4) is 0 Å². The first-order valence-corrected chi connectivity index (χ1v) is 7.83. The number of carbonyl (C=O) groups is 3. The van der Waals surface area contributed by atoms with Gasteiger partial charge < -0.3 is 4.74 Å². The lowest BCUT2D eigenvalue weighted by molar-refractivity contribution is -0.117. The minimum atomic E-state index is -0.709. The quantitative estimate of drug-likeness (QED) is 0.766. The maximum Gasteiger partial charge on any atom is 0.360 e. The Balaban J connectivity index is 2.23. The molecule has 0 radical (unpaired) electrons. The third-order valence-corrected chi connectivity index (χ3v) is 4.31. The number of thioether (sulfide) groups is 1. The molecule has 0 bridgehead atoms. The fourth-order valence-electron chi connectivity index (χ4n) is 2.13. The summed E-state index contributed by atoms with van der Waals surface area (Å²) in [5.74, 6) is -0.178. The average Bonchev–Trinajstić information content (AvgIpc) is 2.85. The third-order valence-electron chi connectivity index (χ3n) is 3.09. The number of hydrogen-bond donors (Lipinski definition) is 0. The molecule has 22 heavy (non-hydrogen) atoms. The van der Waals surface area contributed by atoms with Crippen LogP contribution in [0.1, 0.15) is 23.8 Å². The van der Waals surface area contributed by atoms with Crippen molar-refractivity contribution < 1.29 is 19.1 Å². The van der Waals surface area contributed by atoms with Crippen molar-refractivity contribution >= 4 is 46.2 Å². The van der Waals surface area contributed by atoms with Gasteiger partial charge in [-0.3, -0.25) is 14.5 Å². The zero-order chi connectivity index (χ0) is 16.3. The van der Waals surface area contributed by atoms with Gasteiger partial charge in [0, 0.05) is 25.6 Å². The molecule has 2 rings (SSSR count). The van der Waals surface area contributed by atoms with Crippen molar-refractivity contribution in [1.29, 1.82) is 0 Å². The third kappa shape index (κ3) is 3.75. The van der Waals surface area contributed by atoms with Crippen LogP contribution in [0.5, 0.6) is 0 Å². The number of amides is 1. The number of nitrogens with zero attached hydrogens (tertiary/aromatic N) is 3. The maximum absolute atomic E-state index is 12.2. The number of methoxy groups -OCH3 is 1. The van der Waals surface area contributed by atoms with E-state index in [1.165, 1.54) is 36.9 Å². The first-order chi connectivity index (χ1) is 10.4. The second kappa shape index (κ2) is 7.06. The Morgan fingerprint density at radius 2 is 2.27 bits per heavy atom. The van der Waals surface area contributed by atoms with E-state index in [0.717, 1.165) is 0 Å². The molecule has 0 aromatic carbocycles. The van der Waals surface area contributed by atoms with E-state index in [9.17, 15) is 14.4 Å². The summed E-state index contributed by atoms with van der Waals surface area (Å²) in [4.78, 5) is 44.3. The normalized spacial score (nSPS) is 17.7. The smallest absolute Gasteiger partial charge is 0.360 e. The van der Waals surface area contributed by atoms with Crippen molar-refractivity contribution in [3.05, 3.63) is 17.0 Å². The second-order valence-corrected chi connectivity index (χ2v) is 6.32. The molecule has 0 N–H and O–H groups in total. The molecule has 1 saturated heterocycles. The molecule has 0 spiro atoms. The van der Waals surface area contributed by atoms with Gasteiger partial charge in [-0.2, -0.15) is 0 Å². The van der Waals surface area contributed by atoms with Crippen LogP contribution >= 0.6 is 23.4 Å². The molecule has 0 saturated carbocycles. The van der Waals surface area contributed by atoms with Gasteiger partial charge in [-0.05, 0) is 5.92 Å². The number of rotatable bonds is 4. The lowest BCUT2D eigenvalue weighted by Crippen LogP contribution is -2.28. The molecule has 7 nitrogen and oxygen atoms in total. The van der Waals surface area contributed by atoms with E-state index in [0.29, 0.717) is 18.7 Å². The summed E-state index contributed by atoms with van der Waals surface area (Å²) in [6, 6.07) is 0. The van der Waals surface area contributed by atoms with Crippen LogP contribution in [-0.2, 0) is 14.3 Å². The van der Waals surface area contributed by atoms with Crippen LogP contribution in [0.3, 0.4) is 0 Å². The Hall–Kier alpha value is -1.67. The van der Waals surface area contributed by atoms with Crippen molar-refractivity contribution in [2.45, 2.75) is 13.3 Å². The predicted octanol–water partition coefficient (Wildman–Crippen LogP) is 1.55. The molecule has 2 heterocycles. The number of hydrogen-bond acceptors (Lipinski definition) is 7. The van der Waals surface area contributed by atoms with Crippen LogP contribution in [0.2, 0.25) is 5.15 Å². The van der Waals surface area contributed by atoms with Gasteiger partial charge in [-0.15, -0.1) is 0 Å². The highest BCUT2D eigenvalue weighted by Crippen LogP contribution is 2.28. The van der Waals surface area contributed by atoms with Crippen LogP contribution in [0.4, 0.5) is 5.82 Å². The van der Waals surface area contributed by atoms with Gasteiger partial charge in [0.25, 0.3) is 0 Å². The van der Waals surface area contributed by atoms with Gasteiger partial charge in [0.15, 0.2) is 16.6 Å². The summed E-state index contributed by atoms with van der Waals surface area (Å²) in [6.45, 7) is 1.86.